The molecule has 0 radical (unpaired) electrons. The van der Waals surface area contributed by atoms with Gasteiger partial charge in [0.05, 0.1) is 12.7 Å². The number of carbonyl (C=O) groups is 1. The van der Waals surface area contributed by atoms with E-state index in [0.717, 1.165) is 5.56 Å². The van der Waals surface area contributed by atoms with Gasteiger partial charge in [-0.05, 0) is 24.6 Å². The van der Waals surface area contributed by atoms with E-state index in [-0.39, 0.29) is 18.4 Å². The highest BCUT2D eigenvalue weighted by Gasteiger charge is 2.21. The molecule has 7 nitrogen and oxygen atoms in total. The van der Waals surface area contributed by atoms with Gasteiger partial charge in [0, 0.05) is 11.1 Å². The van der Waals surface area contributed by atoms with Crippen LogP contribution in [0.15, 0.2) is 59.1 Å². The molecule has 3 aromatic rings. The number of hydrogen-bond acceptors (Lipinski definition) is 6. The highest BCUT2D eigenvalue weighted by molar-refractivity contribution is 5.94. The number of benzene rings is 2. The zero-order chi connectivity index (χ0) is 18.5. The number of hydrogen-bond donors (Lipinski definition) is 3. The summed E-state index contributed by atoms with van der Waals surface area (Å²) in [5, 5.41) is 25.7. The van der Waals surface area contributed by atoms with Crippen LogP contribution in [-0.2, 0) is 0 Å². The van der Waals surface area contributed by atoms with E-state index in [1.54, 1.807) is 55.5 Å². The van der Waals surface area contributed by atoms with Crippen molar-refractivity contribution in [2.45, 2.75) is 19.1 Å². The lowest BCUT2D eigenvalue weighted by molar-refractivity contribution is 0.0901. The molecule has 134 valence electrons. The fraction of sp³-hybridized carbons (Fsp3) is 0.211. The second-order valence-corrected chi connectivity index (χ2v) is 5.83. The molecule has 2 aromatic carbocycles. The molecule has 0 saturated carbocycles. The van der Waals surface area contributed by atoms with E-state index in [1.807, 2.05) is 6.07 Å². The molecule has 3 N–H and O–H groups in total. The topological polar surface area (TPSA) is 108 Å². The van der Waals surface area contributed by atoms with E-state index in [1.165, 1.54) is 0 Å². The van der Waals surface area contributed by atoms with E-state index in [4.69, 9.17) is 4.52 Å². The molecule has 1 unspecified atom stereocenters. The quantitative estimate of drug-likeness (QED) is 0.627. The molecule has 1 amide bonds. The summed E-state index contributed by atoms with van der Waals surface area (Å²) in [6.45, 7) is 1.31. The van der Waals surface area contributed by atoms with Gasteiger partial charge in [0.15, 0.2) is 0 Å². The highest BCUT2D eigenvalue weighted by atomic mass is 16.5. The molecule has 26 heavy (non-hydrogen) atoms. The molecule has 0 bridgehead atoms. The first-order valence-corrected chi connectivity index (χ1v) is 8.17. The van der Waals surface area contributed by atoms with Crippen LogP contribution < -0.4 is 5.32 Å². The van der Waals surface area contributed by atoms with Crippen molar-refractivity contribution in [2.24, 2.45) is 0 Å². The van der Waals surface area contributed by atoms with Crippen molar-refractivity contribution in [3.63, 3.8) is 0 Å². The third-order valence-corrected chi connectivity index (χ3v) is 3.91. The first-order valence-electron chi connectivity index (χ1n) is 8.17. The van der Waals surface area contributed by atoms with Gasteiger partial charge in [-0.1, -0.05) is 47.6 Å². The molecule has 0 spiro atoms. The van der Waals surface area contributed by atoms with Crippen LogP contribution in [0.1, 0.15) is 40.9 Å². The zero-order valence-corrected chi connectivity index (χ0v) is 14.2. The van der Waals surface area contributed by atoms with E-state index in [0.29, 0.717) is 17.0 Å². The fourth-order valence-corrected chi connectivity index (χ4v) is 2.42. The zero-order valence-electron chi connectivity index (χ0n) is 14.2. The van der Waals surface area contributed by atoms with Crippen LogP contribution in [0.25, 0.3) is 11.4 Å². The third-order valence-electron chi connectivity index (χ3n) is 3.91. The maximum absolute atomic E-state index is 12.2. The minimum atomic E-state index is -0.805. The predicted molar refractivity (Wildman–Crippen MR) is 94.1 cm³/mol. The second-order valence-electron chi connectivity index (χ2n) is 5.83. The van der Waals surface area contributed by atoms with Gasteiger partial charge in [0.2, 0.25) is 5.82 Å². The summed E-state index contributed by atoms with van der Waals surface area (Å²) in [4.78, 5) is 16.5. The number of aliphatic hydroxyl groups is 2. The van der Waals surface area contributed by atoms with Crippen molar-refractivity contribution < 1.29 is 19.5 Å². The Balaban J connectivity index is 1.75. The summed E-state index contributed by atoms with van der Waals surface area (Å²) in [7, 11) is 0. The van der Waals surface area contributed by atoms with Crippen molar-refractivity contribution in [2.75, 3.05) is 6.61 Å². The normalized spacial score (nSPS) is 13.2. The molecule has 1 heterocycles. The lowest BCUT2D eigenvalue weighted by Gasteiger charge is -2.11. The first-order chi connectivity index (χ1) is 12.6. The smallest absolute Gasteiger partial charge is 0.251 e. The van der Waals surface area contributed by atoms with Crippen molar-refractivity contribution in [1.29, 1.82) is 0 Å². The summed E-state index contributed by atoms with van der Waals surface area (Å²) in [6.07, 6.45) is -0.558. The standard InChI is InChI=1S/C19H19N3O4/c1-12(24)13-7-9-14(10-8-13)17-21-19(26-22-17)16(11-23)20-18(25)15-5-3-2-4-6-15/h2-10,12,16,23-24H,11H2,1H3,(H,20,25)/t12?,16-/m0/s1. The van der Waals surface area contributed by atoms with Gasteiger partial charge >= 0.3 is 0 Å². The molecule has 2 atom stereocenters. The van der Waals surface area contributed by atoms with E-state index >= 15 is 0 Å². The van der Waals surface area contributed by atoms with Crippen LogP contribution in [0.2, 0.25) is 0 Å². The van der Waals surface area contributed by atoms with Gasteiger partial charge in [-0.2, -0.15) is 4.98 Å². The molecule has 0 aliphatic rings. The van der Waals surface area contributed by atoms with Crippen molar-refractivity contribution >= 4 is 5.91 Å². The molecule has 0 saturated heterocycles. The number of rotatable bonds is 6. The van der Waals surface area contributed by atoms with Crippen LogP contribution in [0.3, 0.4) is 0 Å². The lowest BCUT2D eigenvalue weighted by Crippen LogP contribution is -2.31. The molecule has 7 heteroatoms. The largest absolute Gasteiger partial charge is 0.394 e. The number of nitrogens with zero attached hydrogens (tertiary/aromatic N) is 2. The van der Waals surface area contributed by atoms with Crippen molar-refractivity contribution in [3.05, 3.63) is 71.6 Å². The van der Waals surface area contributed by atoms with Gasteiger partial charge in [-0.15, -0.1) is 0 Å². The van der Waals surface area contributed by atoms with Crippen LogP contribution in [0.5, 0.6) is 0 Å². The minimum Gasteiger partial charge on any atom is -0.394 e. The van der Waals surface area contributed by atoms with Crippen molar-refractivity contribution in [1.82, 2.24) is 15.5 Å². The predicted octanol–water partition coefficient (Wildman–Crippen LogP) is 2.25. The van der Waals surface area contributed by atoms with Crippen LogP contribution in [-0.4, -0.2) is 32.9 Å². The number of aliphatic hydroxyl groups excluding tert-OH is 2. The summed E-state index contributed by atoms with van der Waals surface area (Å²) in [5.74, 6) is 0.113. The minimum absolute atomic E-state index is 0.117. The fourth-order valence-electron chi connectivity index (χ4n) is 2.42. The number of amides is 1. The average Bonchev–Trinajstić information content (AvgIpc) is 3.16. The Labute approximate surface area is 150 Å². The highest BCUT2D eigenvalue weighted by Crippen LogP contribution is 2.21. The van der Waals surface area contributed by atoms with Crippen LogP contribution >= 0.6 is 0 Å². The average molecular weight is 353 g/mol. The Morgan fingerprint density at radius 1 is 1.15 bits per heavy atom. The summed E-state index contributed by atoms with van der Waals surface area (Å²) >= 11 is 0. The van der Waals surface area contributed by atoms with Gasteiger partial charge in [-0.25, -0.2) is 0 Å². The van der Waals surface area contributed by atoms with Gasteiger partial charge in [0.1, 0.15) is 6.04 Å². The van der Waals surface area contributed by atoms with Gasteiger partial charge < -0.3 is 20.1 Å². The summed E-state index contributed by atoms with van der Waals surface area (Å²) < 4.78 is 5.20. The lowest BCUT2D eigenvalue weighted by atomic mass is 10.1. The Kier molecular flexibility index (Phi) is 5.40. The van der Waals surface area contributed by atoms with Crippen LogP contribution in [0.4, 0.5) is 0 Å². The summed E-state index contributed by atoms with van der Waals surface area (Å²) in [6, 6.07) is 15.0. The molecular weight excluding hydrogens is 334 g/mol. The molecule has 0 aliphatic heterocycles. The SMILES string of the molecule is CC(O)c1ccc(-c2noc([C@H](CO)NC(=O)c3ccccc3)n2)cc1. The molecule has 3 rings (SSSR count). The second kappa shape index (κ2) is 7.90. The molecular formula is C19H19N3O4. The third kappa shape index (κ3) is 3.96. The first kappa shape index (κ1) is 17.8. The van der Waals surface area contributed by atoms with Gasteiger partial charge in [0.25, 0.3) is 11.8 Å². The Morgan fingerprint density at radius 2 is 1.85 bits per heavy atom. The monoisotopic (exact) mass is 353 g/mol. The van der Waals surface area contributed by atoms with E-state index < -0.39 is 12.1 Å². The van der Waals surface area contributed by atoms with E-state index in [2.05, 4.69) is 15.5 Å². The molecule has 1 aromatic heterocycles. The Bertz CT molecular complexity index is 860. The van der Waals surface area contributed by atoms with Crippen LogP contribution in [0, 0.1) is 0 Å². The number of nitrogens with one attached hydrogen (secondary N) is 1. The molecule has 0 aliphatic carbocycles. The maximum Gasteiger partial charge on any atom is 0.251 e. The maximum atomic E-state index is 12.2. The molecule has 0 fully saturated rings. The Morgan fingerprint density at radius 3 is 2.46 bits per heavy atom. The van der Waals surface area contributed by atoms with Crippen molar-refractivity contribution in [3.8, 4) is 11.4 Å². The Hall–Kier alpha value is -3.03. The summed E-state index contributed by atoms with van der Waals surface area (Å²) in [5.41, 5.74) is 1.95. The number of aromatic nitrogens is 2. The number of carbonyl (C=O) groups excluding carboxylic acids is 1. The van der Waals surface area contributed by atoms with E-state index in [9.17, 15) is 15.0 Å². The van der Waals surface area contributed by atoms with Gasteiger partial charge in [-0.3, -0.25) is 4.79 Å².